The van der Waals surface area contributed by atoms with E-state index in [4.69, 9.17) is 0 Å². The fourth-order valence-corrected chi connectivity index (χ4v) is 4.10. The number of benzene rings is 1. The maximum Gasteiger partial charge on any atom is 0.471 e. The Balaban J connectivity index is 1.56. The number of hydrogen-bond acceptors (Lipinski definition) is 5. The molecule has 4 rings (SSSR count). The molecular formula is C18H14F3N3O2S. The average molecular weight is 393 g/mol. The smallest absolute Gasteiger partial charge is 0.334 e. The zero-order valence-electron chi connectivity index (χ0n) is 14.2. The highest BCUT2D eigenvalue weighted by atomic mass is 32.1. The van der Waals surface area contributed by atoms with Gasteiger partial charge in [0.25, 0.3) is 5.91 Å². The number of rotatable bonds is 2. The predicted octanol–water partition coefficient (Wildman–Crippen LogP) is 4.32. The van der Waals surface area contributed by atoms with E-state index < -0.39 is 12.1 Å². The third-order valence-corrected chi connectivity index (χ3v) is 5.54. The van der Waals surface area contributed by atoms with Crippen LogP contribution < -0.4 is 0 Å². The second kappa shape index (κ2) is 6.49. The number of aromatic nitrogens is 2. The van der Waals surface area contributed by atoms with Gasteiger partial charge in [0.1, 0.15) is 0 Å². The molecule has 27 heavy (non-hydrogen) atoms. The molecule has 1 aliphatic heterocycles. The van der Waals surface area contributed by atoms with Gasteiger partial charge in [0.05, 0.1) is 4.88 Å². The third-order valence-electron chi connectivity index (χ3n) is 4.31. The Morgan fingerprint density at radius 3 is 2.81 bits per heavy atom. The molecule has 0 N–H and O–H groups in total. The molecule has 0 spiro atoms. The number of amides is 1. The highest BCUT2D eigenvalue weighted by Gasteiger charge is 2.38. The number of aryl methyl sites for hydroxylation is 1. The standard InChI is InChI=1S/C18H14F3N3O2S/c1-10-3-2-4-11(7-10)16(25)24-6-5-13-12(9-24)8-14(27-13)15-22-17(26-23-15)18(19,20)21/h2-4,7-8H,5-6,9H2,1H3. The lowest BCUT2D eigenvalue weighted by Gasteiger charge is -2.27. The summed E-state index contributed by atoms with van der Waals surface area (Å²) in [5, 5.41) is 3.43. The fourth-order valence-electron chi connectivity index (χ4n) is 3.02. The van der Waals surface area contributed by atoms with Crippen molar-refractivity contribution in [1.82, 2.24) is 15.0 Å². The van der Waals surface area contributed by atoms with E-state index in [0.717, 1.165) is 16.0 Å². The second-order valence-electron chi connectivity index (χ2n) is 6.33. The van der Waals surface area contributed by atoms with Gasteiger partial charge in [-0.3, -0.25) is 4.79 Å². The Labute approximate surface area is 156 Å². The van der Waals surface area contributed by atoms with Crippen molar-refractivity contribution in [2.75, 3.05) is 6.54 Å². The molecule has 140 valence electrons. The molecular weight excluding hydrogens is 379 g/mol. The van der Waals surface area contributed by atoms with E-state index in [1.165, 1.54) is 11.3 Å². The number of hydrogen-bond donors (Lipinski definition) is 0. The molecule has 0 fully saturated rings. The second-order valence-corrected chi connectivity index (χ2v) is 7.46. The first kappa shape index (κ1) is 17.7. The largest absolute Gasteiger partial charge is 0.471 e. The Bertz CT molecular complexity index is 1010. The van der Waals surface area contributed by atoms with E-state index in [9.17, 15) is 18.0 Å². The SMILES string of the molecule is Cc1cccc(C(=O)N2CCc3sc(-c4noc(C(F)(F)F)n4)cc3C2)c1. The third kappa shape index (κ3) is 3.46. The summed E-state index contributed by atoms with van der Waals surface area (Å²) in [6.45, 7) is 2.89. The minimum atomic E-state index is -4.67. The van der Waals surface area contributed by atoms with Crippen molar-refractivity contribution in [2.24, 2.45) is 0 Å². The van der Waals surface area contributed by atoms with E-state index in [1.807, 2.05) is 25.1 Å². The Kier molecular flexibility index (Phi) is 4.26. The van der Waals surface area contributed by atoms with Gasteiger partial charge >= 0.3 is 12.1 Å². The first-order chi connectivity index (χ1) is 12.8. The molecule has 0 unspecified atom stereocenters. The topological polar surface area (TPSA) is 59.2 Å². The summed E-state index contributed by atoms with van der Waals surface area (Å²) >= 11 is 1.33. The normalized spacial score (nSPS) is 14.3. The van der Waals surface area contributed by atoms with Crippen molar-refractivity contribution in [3.63, 3.8) is 0 Å². The van der Waals surface area contributed by atoms with Crippen molar-refractivity contribution in [3.8, 4) is 10.7 Å². The molecule has 9 heteroatoms. The fraction of sp³-hybridized carbons (Fsp3) is 0.278. The van der Waals surface area contributed by atoms with Crippen molar-refractivity contribution < 1.29 is 22.5 Å². The van der Waals surface area contributed by atoms with Crippen LogP contribution >= 0.6 is 11.3 Å². The van der Waals surface area contributed by atoms with Crippen molar-refractivity contribution in [2.45, 2.75) is 26.1 Å². The zero-order chi connectivity index (χ0) is 19.2. The number of alkyl halides is 3. The first-order valence-corrected chi connectivity index (χ1v) is 9.02. The van der Waals surface area contributed by atoms with E-state index >= 15 is 0 Å². The number of carbonyl (C=O) groups excluding carboxylic acids is 1. The molecule has 1 amide bonds. The molecule has 0 atom stereocenters. The van der Waals surface area contributed by atoms with E-state index in [1.54, 1.807) is 17.0 Å². The number of nitrogens with zero attached hydrogens (tertiary/aromatic N) is 3. The molecule has 0 saturated heterocycles. The highest BCUT2D eigenvalue weighted by Crippen LogP contribution is 2.35. The number of fused-ring (bicyclic) bond motifs is 1. The lowest BCUT2D eigenvalue weighted by molar-refractivity contribution is -0.159. The lowest BCUT2D eigenvalue weighted by atomic mass is 10.1. The van der Waals surface area contributed by atoms with Crippen LogP contribution in [0, 0.1) is 6.92 Å². The average Bonchev–Trinajstić information content (AvgIpc) is 3.26. The van der Waals surface area contributed by atoms with Gasteiger partial charge in [-0.25, -0.2) is 0 Å². The number of halogens is 3. The molecule has 3 aromatic rings. The van der Waals surface area contributed by atoms with Crippen LogP contribution in [0.5, 0.6) is 0 Å². The van der Waals surface area contributed by atoms with Crippen LogP contribution in [0.3, 0.4) is 0 Å². The summed E-state index contributed by atoms with van der Waals surface area (Å²) in [4.78, 5) is 19.4. The summed E-state index contributed by atoms with van der Waals surface area (Å²) in [5.41, 5.74) is 2.54. The Morgan fingerprint density at radius 1 is 1.30 bits per heavy atom. The van der Waals surface area contributed by atoms with Gasteiger partial charge < -0.3 is 9.42 Å². The van der Waals surface area contributed by atoms with Crippen LogP contribution in [-0.2, 0) is 19.1 Å². The van der Waals surface area contributed by atoms with Crippen LogP contribution in [0.25, 0.3) is 10.7 Å². The molecule has 0 bridgehead atoms. The van der Waals surface area contributed by atoms with Crippen LogP contribution in [-0.4, -0.2) is 27.5 Å². The maximum atomic E-state index is 12.7. The Morgan fingerprint density at radius 2 is 2.11 bits per heavy atom. The molecule has 5 nitrogen and oxygen atoms in total. The minimum absolute atomic E-state index is 0.0592. The van der Waals surface area contributed by atoms with Gasteiger partial charge in [0.15, 0.2) is 0 Å². The van der Waals surface area contributed by atoms with Crippen molar-refractivity contribution in [3.05, 3.63) is 57.8 Å². The first-order valence-electron chi connectivity index (χ1n) is 8.20. The molecule has 0 aliphatic carbocycles. The zero-order valence-corrected chi connectivity index (χ0v) is 15.0. The van der Waals surface area contributed by atoms with Gasteiger partial charge in [-0.05, 0) is 37.1 Å². The Hall–Kier alpha value is -2.68. The van der Waals surface area contributed by atoms with Gasteiger partial charge in [-0.15, -0.1) is 11.3 Å². The molecule has 3 heterocycles. The molecule has 2 aromatic heterocycles. The van der Waals surface area contributed by atoms with Gasteiger partial charge in [-0.2, -0.15) is 18.2 Å². The van der Waals surface area contributed by atoms with Crippen molar-refractivity contribution >= 4 is 17.2 Å². The van der Waals surface area contributed by atoms with E-state index in [2.05, 4.69) is 14.7 Å². The van der Waals surface area contributed by atoms with Crippen molar-refractivity contribution in [1.29, 1.82) is 0 Å². The van der Waals surface area contributed by atoms with Gasteiger partial charge in [0.2, 0.25) is 5.82 Å². The molecule has 1 aliphatic rings. The van der Waals surface area contributed by atoms with Crippen LogP contribution in [0.2, 0.25) is 0 Å². The summed E-state index contributed by atoms with van der Waals surface area (Å²) in [6.07, 6.45) is -4.03. The van der Waals surface area contributed by atoms with Gasteiger partial charge in [-0.1, -0.05) is 22.9 Å². The summed E-state index contributed by atoms with van der Waals surface area (Å²) < 4.78 is 42.2. The quantitative estimate of drug-likeness (QED) is 0.651. The summed E-state index contributed by atoms with van der Waals surface area (Å²) in [5.74, 6) is -1.51. The van der Waals surface area contributed by atoms with Crippen LogP contribution in [0.15, 0.2) is 34.9 Å². The number of carbonyl (C=O) groups is 1. The molecule has 0 radical (unpaired) electrons. The van der Waals surface area contributed by atoms with Crippen LogP contribution in [0.4, 0.5) is 13.2 Å². The predicted molar refractivity (Wildman–Crippen MR) is 92.2 cm³/mol. The van der Waals surface area contributed by atoms with Gasteiger partial charge in [0, 0.05) is 23.5 Å². The highest BCUT2D eigenvalue weighted by molar-refractivity contribution is 7.15. The maximum absolute atomic E-state index is 12.7. The monoisotopic (exact) mass is 393 g/mol. The summed E-state index contributed by atoms with van der Waals surface area (Å²) in [6, 6.07) is 9.13. The molecule has 1 aromatic carbocycles. The summed E-state index contributed by atoms with van der Waals surface area (Å²) in [7, 11) is 0. The molecule has 0 saturated carbocycles. The van der Waals surface area contributed by atoms with Crippen LogP contribution in [0.1, 0.15) is 32.3 Å². The lowest BCUT2D eigenvalue weighted by Crippen LogP contribution is -2.35. The van der Waals surface area contributed by atoms with E-state index in [0.29, 0.717) is 30.0 Å². The number of thiophene rings is 1. The van der Waals surface area contributed by atoms with E-state index in [-0.39, 0.29) is 11.7 Å². The minimum Gasteiger partial charge on any atom is -0.334 e.